The van der Waals surface area contributed by atoms with E-state index < -0.39 is 0 Å². The second-order valence-corrected chi connectivity index (χ2v) is 8.92. The van der Waals surface area contributed by atoms with Crippen molar-refractivity contribution in [1.82, 2.24) is 5.43 Å². The van der Waals surface area contributed by atoms with E-state index in [1.807, 2.05) is 49.4 Å². The Hall–Kier alpha value is -3.09. The van der Waals surface area contributed by atoms with E-state index in [0.29, 0.717) is 22.0 Å². The molecule has 3 aromatic carbocycles. The molecule has 0 spiro atoms. The molecule has 164 valence electrons. The first-order valence-corrected chi connectivity index (χ1v) is 11.5. The average Bonchev–Trinajstić information content (AvgIpc) is 2.81. The highest BCUT2D eigenvalue weighted by Gasteiger charge is 2.13. The zero-order chi connectivity index (χ0) is 22.9. The predicted octanol–water partition coefficient (Wildman–Crippen LogP) is 5.75. The molecule has 0 saturated heterocycles. The third kappa shape index (κ3) is 6.97. The van der Waals surface area contributed by atoms with Gasteiger partial charge >= 0.3 is 0 Å². The zero-order valence-electron chi connectivity index (χ0n) is 17.8. The highest BCUT2D eigenvalue weighted by Crippen LogP contribution is 2.18. The van der Waals surface area contributed by atoms with E-state index in [1.54, 1.807) is 55.1 Å². The first-order valence-electron chi connectivity index (χ1n) is 10.1. The van der Waals surface area contributed by atoms with Gasteiger partial charge in [0.25, 0.3) is 11.8 Å². The molecule has 0 aromatic heterocycles. The van der Waals surface area contributed by atoms with Gasteiger partial charge in [0.15, 0.2) is 0 Å². The normalized spacial score (nSPS) is 12.2. The molecule has 2 N–H and O–H groups in total. The SMILES string of the molecule is CC(=NNC(=O)C(C)SCc1ccccc1)c1cccc(NC(=O)c2cccc(Cl)c2)c1. The van der Waals surface area contributed by atoms with Gasteiger partial charge in [0.05, 0.1) is 11.0 Å². The summed E-state index contributed by atoms with van der Waals surface area (Å²) in [7, 11) is 0. The average molecular weight is 466 g/mol. The van der Waals surface area contributed by atoms with Gasteiger partial charge in [-0.2, -0.15) is 5.10 Å². The van der Waals surface area contributed by atoms with Gasteiger partial charge in [-0.25, -0.2) is 5.43 Å². The number of rotatable bonds is 8. The Labute approximate surface area is 197 Å². The first kappa shape index (κ1) is 23.6. The lowest BCUT2D eigenvalue weighted by Crippen LogP contribution is -2.27. The highest BCUT2D eigenvalue weighted by atomic mass is 35.5. The van der Waals surface area contributed by atoms with Gasteiger partial charge in [0.2, 0.25) is 0 Å². The number of hydrogen-bond acceptors (Lipinski definition) is 4. The maximum absolute atomic E-state index is 12.4. The van der Waals surface area contributed by atoms with Crippen LogP contribution in [0.5, 0.6) is 0 Å². The van der Waals surface area contributed by atoms with E-state index in [2.05, 4.69) is 15.8 Å². The van der Waals surface area contributed by atoms with E-state index in [-0.39, 0.29) is 17.1 Å². The number of halogens is 1. The molecule has 2 amide bonds. The molecular weight excluding hydrogens is 442 g/mol. The standard InChI is InChI=1S/C25H24ClN3O2S/c1-17(28-29-24(30)18(2)32-16-19-8-4-3-5-9-19)20-10-7-13-23(15-20)27-25(31)21-11-6-12-22(26)14-21/h3-15,18H,16H2,1-2H3,(H,27,31)(H,29,30). The van der Waals surface area contributed by atoms with Gasteiger partial charge in [0, 0.05) is 22.0 Å². The third-order valence-corrected chi connectivity index (χ3v) is 6.12. The van der Waals surface area contributed by atoms with E-state index in [4.69, 9.17) is 11.6 Å². The van der Waals surface area contributed by atoms with Crippen LogP contribution < -0.4 is 10.7 Å². The molecule has 3 rings (SSSR count). The van der Waals surface area contributed by atoms with Crippen molar-refractivity contribution in [3.63, 3.8) is 0 Å². The second kappa shape index (κ2) is 11.5. The van der Waals surface area contributed by atoms with Crippen LogP contribution >= 0.6 is 23.4 Å². The molecule has 0 fully saturated rings. The monoisotopic (exact) mass is 465 g/mol. The minimum Gasteiger partial charge on any atom is -0.322 e. The van der Waals surface area contributed by atoms with Crippen LogP contribution in [-0.2, 0) is 10.5 Å². The smallest absolute Gasteiger partial charge is 0.255 e. The summed E-state index contributed by atoms with van der Waals surface area (Å²) in [4.78, 5) is 24.8. The lowest BCUT2D eigenvalue weighted by atomic mass is 10.1. The van der Waals surface area contributed by atoms with Crippen LogP contribution in [0.15, 0.2) is 84.0 Å². The summed E-state index contributed by atoms with van der Waals surface area (Å²) in [5.41, 5.74) is 6.34. The molecule has 0 radical (unpaired) electrons. The molecule has 0 bridgehead atoms. The lowest BCUT2D eigenvalue weighted by Gasteiger charge is -2.11. The summed E-state index contributed by atoms with van der Waals surface area (Å²) in [6.45, 7) is 3.67. The molecule has 0 aliphatic carbocycles. The zero-order valence-corrected chi connectivity index (χ0v) is 19.4. The van der Waals surface area contributed by atoms with Gasteiger partial charge in [-0.15, -0.1) is 11.8 Å². The molecule has 3 aromatic rings. The van der Waals surface area contributed by atoms with Crippen LogP contribution in [0.4, 0.5) is 5.69 Å². The van der Waals surface area contributed by atoms with Crippen molar-refractivity contribution in [3.05, 3.63) is 101 Å². The molecule has 7 heteroatoms. The molecule has 32 heavy (non-hydrogen) atoms. The van der Waals surface area contributed by atoms with Gasteiger partial charge in [-0.3, -0.25) is 9.59 Å². The largest absolute Gasteiger partial charge is 0.322 e. The van der Waals surface area contributed by atoms with Crippen LogP contribution in [0.25, 0.3) is 0 Å². The number of nitrogens with one attached hydrogen (secondary N) is 2. The van der Waals surface area contributed by atoms with Crippen LogP contribution in [0.2, 0.25) is 5.02 Å². The van der Waals surface area contributed by atoms with Crippen molar-refractivity contribution in [1.29, 1.82) is 0 Å². The highest BCUT2D eigenvalue weighted by molar-refractivity contribution is 7.99. The Balaban J connectivity index is 1.57. The molecule has 0 aliphatic rings. The minimum atomic E-state index is -0.253. The Kier molecular flexibility index (Phi) is 8.48. The van der Waals surface area contributed by atoms with Crippen molar-refractivity contribution in [3.8, 4) is 0 Å². The number of anilines is 1. The summed E-state index contributed by atoms with van der Waals surface area (Å²) >= 11 is 7.52. The van der Waals surface area contributed by atoms with E-state index in [9.17, 15) is 9.59 Å². The fraction of sp³-hybridized carbons (Fsp3) is 0.160. The van der Waals surface area contributed by atoms with Gasteiger partial charge in [0.1, 0.15) is 0 Å². The Morgan fingerprint density at radius 2 is 1.69 bits per heavy atom. The number of benzene rings is 3. The number of carbonyl (C=O) groups is 2. The van der Waals surface area contributed by atoms with E-state index in [1.165, 1.54) is 5.56 Å². The number of thioether (sulfide) groups is 1. The number of amides is 2. The first-order chi connectivity index (χ1) is 15.4. The number of hydrazone groups is 1. The number of carbonyl (C=O) groups excluding carboxylic acids is 2. The van der Waals surface area contributed by atoms with Gasteiger partial charge < -0.3 is 5.32 Å². The second-order valence-electron chi connectivity index (χ2n) is 7.16. The van der Waals surface area contributed by atoms with Crippen molar-refractivity contribution in [2.45, 2.75) is 24.9 Å². The molecule has 5 nitrogen and oxygen atoms in total. The maximum Gasteiger partial charge on any atom is 0.255 e. The van der Waals surface area contributed by atoms with Crippen LogP contribution in [0.3, 0.4) is 0 Å². The summed E-state index contributed by atoms with van der Waals surface area (Å²) < 4.78 is 0. The number of hydrogen-bond donors (Lipinski definition) is 2. The quantitative estimate of drug-likeness (QED) is 0.328. The van der Waals surface area contributed by atoms with Gasteiger partial charge in [-0.1, -0.05) is 60.1 Å². The fourth-order valence-electron chi connectivity index (χ4n) is 2.82. The molecule has 1 atom stereocenters. The molecule has 0 saturated carbocycles. The third-order valence-electron chi connectivity index (χ3n) is 4.67. The molecule has 0 aliphatic heterocycles. The van der Waals surface area contributed by atoms with Gasteiger partial charge in [-0.05, 0) is 55.3 Å². The summed E-state index contributed by atoms with van der Waals surface area (Å²) in [5.74, 6) is 0.347. The fourth-order valence-corrected chi connectivity index (χ4v) is 3.85. The Morgan fingerprint density at radius 3 is 2.44 bits per heavy atom. The summed E-state index contributed by atoms with van der Waals surface area (Å²) in [6.07, 6.45) is 0. The topological polar surface area (TPSA) is 70.6 Å². The van der Waals surface area contributed by atoms with E-state index >= 15 is 0 Å². The van der Waals surface area contributed by atoms with E-state index in [0.717, 1.165) is 11.3 Å². The van der Waals surface area contributed by atoms with Crippen LogP contribution in [0.1, 0.15) is 35.3 Å². The predicted molar refractivity (Wildman–Crippen MR) is 133 cm³/mol. The molecule has 0 heterocycles. The Bertz CT molecular complexity index is 1120. The molecular formula is C25H24ClN3O2S. The molecule has 1 unspecified atom stereocenters. The van der Waals surface area contributed by atoms with Crippen molar-refractivity contribution in [2.75, 3.05) is 5.32 Å². The van der Waals surface area contributed by atoms with Crippen molar-refractivity contribution < 1.29 is 9.59 Å². The summed E-state index contributed by atoms with van der Waals surface area (Å²) in [5, 5.41) is 7.35. The lowest BCUT2D eigenvalue weighted by molar-refractivity contribution is -0.120. The van der Waals surface area contributed by atoms with Crippen molar-refractivity contribution in [2.24, 2.45) is 5.10 Å². The van der Waals surface area contributed by atoms with Crippen molar-refractivity contribution >= 4 is 46.6 Å². The van der Waals surface area contributed by atoms with Crippen LogP contribution in [-0.4, -0.2) is 22.8 Å². The van der Waals surface area contributed by atoms with Crippen LogP contribution in [0, 0.1) is 0 Å². The maximum atomic E-state index is 12.4. The summed E-state index contributed by atoms with van der Waals surface area (Å²) in [6, 6.07) is 24.1. The Morgan fingerprint density at radius 1 is 0.969 bits per heavy atom. The minimum absolute atomic E-state index is 0.157. The number of nitrogens with zero attached hydrogens (tertiary/aromatic N) is 1.